The molecular weight excluding hydrogens is 252 g/mol. The van der Waals surface area contributed by atoms with Crippen molar-refractivity contribution in [3.8, 4) is 5.75 Å². The first-order chi connectivity index (χ1) is 9.81. The number of carbonyl (C=O) groups is 1. The third-order valence-electron chi connectivity index (χ3n) is 3.91. The summed E-state index contributed by atoms with van der Waals surface area (Å²) in [5, 5.41) is 6.37. The maximum absolute atomic E-state index is 11.9. The zero-order chi connectivity index (χ0) is 13.8. The first-order valence-electron chi connectivity index (χ1n) is 7.56. The van der Waals surface area contributed by atoms with Gasteiger partial charge in [0, 0.05) is 24.1 Å². The van der Waals surface area contributed by atoms with Crippen molar-refractivity contribution in [2.45, 2.75) is 31.7 Å². The standard InChI is InChI=1S/C16H22N2O2/c19-16(18-14-5-6-14)13-3-7-15(8-4-13)20-11-12-2-1-9-17-10-12/h3-4,7-8,12,14,17H,1-2,5-6,9-11H2,(H,18,19)/t12-/m1/s1. The second-order valence-electron chi connectivity index (χ2n) is 5.80. The molecule has 3 rings (SSSR count). The lowest BCUT2D eigenvalue weighted by Gasteiger charge is -2.22. The molecule has 0 spiro atoms. The van der Waals surface area contributed by atoms with Crippen molar-refractivity contribution in [2.24, 2.45) is 5.92 Å². The second kappa shape index (κ2) is 6.27. The molecule has 1 aliphatic carbocycles. The monoisotopic (exact) mass is 274 g/mol. The van der Waals surface area contributed by atoms with E-state index >= 15 is 0 Å². The Morgan fingerprint density at radius 1 is 1.25 bits per heavy atom. The van der Waals surface area contributed by atoms with Crippen molar-refractivity contribution in [3.63, 3.8) is 0 Å². The van der Waals surface area contributed by atoms with E-state index in [-0.39, 0.29) is 5.91 Å². The van der Waals surface area contributed by atoms with E-state index in [2.05, 4.69) is 10.6 Å². The molecule has 1 amide bonds. The molecule has 2 N–H and O–H groups in total. The van der Waals surface area contributed by atoms with Gasteiger partial charge in [-0.05, 0) is 56.5 Å². The minimum absolute atomic E-state index is 0.0236. The van der Waals surface area contributed by atoms with Crippen LogP contribution in [-0.4, -0.2) is 31.6 Å². The third-order valence-corrected chi connectivity index (χ3v) is 3.91. The van der Waals surface area contributed by atoms with E-state index in [0.29, 0.717) is 17.5 Å². The number of amides is 1. The second-order valence-corrected chi connectivity index (χ2v) is 5.80. The van der Waals surface area contributed by atoms with E-state index in [0.717, 1.165) is 38.3 Å². The molecular formula is C16H22N2O2. The Labute approximate surface area is 119 Å². The topological polar surface area (TPSA) is 50.4 Å². The van der Waals surface area contributed by atoms with Crippen LogP contribution >= 0.6 is 0 Å². The Kier molecular flexibility index (Phi) is 4.21. The van der Waals surface area contributed by atoms with Gasteiger partial charge in [-0.3, -0.25) is 4.79 Å². The Morgan fingerprint density at radius 2 is 2.05 bits per heavy atom. The number of nitrogens with one attached hydrogen (secondary N) is 2. The largest absolute Gasteiger partial charge is 0.493 e. The van der Waals surface area contributed by atoms with Gasteiger partial charge < -0.3 is 15.4 Å². The zero-order valence-electron chi connectivity index (χ0n) is 11.7. The lowest BCUT2D eigenvalue weighted by molar-refractivity contribution is 0.0951. The lowest BCUT2D eigenvalue weighted by atomic mass is 10.0. The predicted octanol–water partition coefficient (Wildman–Crippen LogP) is 1.96. The first-order valence-corrected chi connectivity index (χ1v) is 7.56. The highest BCUT2D eigenvalue weighted by Crippen LogP contribution is 2.20. The molecule has 0 aromatic heterocycles. The predicted molar refractivity (Wildman–Crippen MR) is 78.0 cm³/mol. The van der Waals surface area contributed by atoms with Crippen LogP contribution in [0.2, 0.25) is 0 Å². The van der Waals surface area contributed by atoms with E-state index in [9.17, 15) is 4.79 Å². The van der Waals surface area contributed by atoms with Gasteiger partial charge in [-0.2, -0.15) is 0 Å². The van der Waals surface area contributed by atoms with Crippen LogP contribution in [0.15, 0.2) is 24.3 Å². The van der Waals surface area contributed by atoms with Crippen molar-refractivity contribution in [3.05, 3.63) is 29.8 Å². The van der Waals surface area contributed by atoms with E-state index in [1.165, 1.54) is 12.8 Å². The van der Waals surface area contributed by atoms with Crippen molar-refractivity contribution >= 4 is 5.91 Å². The zero-order valence-corrected chi connectivity index (χ0v) is 11.7. The maximum atomic E-state index is 11.9. The fourth-order valence-corrected chi connectivity index (χ4v) is 2.48. The molecule has 1 saturated heterocycles. The van der Waals surface area contributed by atoms with Crippen LogP contribution in [0, 0.1) is 5.92 Å². The Bertz CT molecular complexity index is 448. The van der Waals surface area contributed by atoms with Crippen LogP contribution in [0.1, 0.15) is 36.0 Å². The molecule has 108 valence electrons. The van der Waals surface area contributed by atoms with Crippen LogP contribution in [0.5, 0.6) is 5.75 Å². The number of ether oxygens (including phenoxy) is 1. The highest BCUT2D eigenvalue weighted by Gasteiger charge is 2.23. The van der Waals surface area contributed by atoms with Crippen molar-refractivity contribution in [2.75, 3.05) is 19.7 Å². The van der Waals surface area contributed by atoms with Crippen LogP contribution < -0.4 is 15.4 Å². The number of hydrogen-bond acceptors (Lipinski definition) is 3. The van der Waals surface area contributed by atoms with Crippen molar-refractivity contribution < 1.29 is 9.53 Å². The molecule has 1 saturated carbocycles. The average Bonchev–Trinajstić information content (AvgIpc) is 3.31. The van der Waals surface area contributed by atoms with E-state index in [1.54, 1.807) is 0 Å². The molecule has 1 heterocycles. The molecule has 1 atom stereocenters. The molecule has 2 fully saturated rings. The van der Waals surface area contributed by atoms with Gasteiger partial charge in [0.25, 0.3) is 5.91 Å². The number of rotatable bonds is 5. The van der Waals surface area contributed by atoms with E-state index < -0.39 is 0 Å². The Hall–Kier alpha value is -1.55. The van der Waals surface area contributed by atoms with Crippen LogP contribution in [0.3, 0.4) is 0 Å². The smallest absolute Gasteiger partial charge is 0.251 e. The van der Waals surface area contributed by atoms with Gasteiger partial charge in [0.15, 0.2) is 0 Å². The summed E-state index contributed by atoms with van der Waals surface area (Å²) in [5.74, 6) is 1.47. The molecule has 4 nitrogen and oxygen atoms in total. The summed E-state index contributed by atoms with van der Waals surface area (Å²) in [6, 6.07) is 7.85. The average molecular weight is 274 g/mol. The number of carbonyl (C=O) groups excluding carboxylic acids is 1. The Morgan fingerprint density at radius 3 is 2.70 bits per heavy atom. The van der Waals surface area contributed by atoms with Crippen LogP contribution in [0.4, 0.5) is 0 Å². The molecule has 0 bridgehead atoms. The molecule has 0 radical (unpaired) electrons. The summed E-state index contributed by atoms with van der Waals surface area (Å²) in [5.41, 5.74) is 0.712. The fourth-order valence-electron chi connectivity index (χ4n) is 2.48. The molecule has 2 aliphatic rings. The minimum atomic E-state index is 0.0236. The van der Waals surface area contributed by atoms with Crippen molar-refractivity contribution in [1.29, 1.82) is 0 Å². The molecule has 20 heavy (non-hydrogen) atoms. The van der Waals surface area contributed by atoms with Crippen LogP contribution in [0.25, 0.3) is 0 Å². The van der Waals surface area contributed by atoms with Gasteiger partial charge in [0.1, 0.15) is 5.75 Å². The summed E-state index contributed by atoms with van der Waals surface area (Å²) in [7, 11) is 0. The van der Waals surface area contributed by atoms with Gasteiger partial charge in [-0.1, -0.05) is 0 Å². The fraction of sp³-hybridized carbons (Fsp3) is 0.562. The van der Waals surface area contributed by atoms with Crippen molar-refractivity contribution in [1.82, 2.24) is 10.6 Å². The summed E-state index contributed by atoms with van der Waals surface area (Å²) >= 11 is 0. The summed E-state index contributed by atoms with van der Waals surface area (Å²) in [6.45, 7) is 2.92. The number of hydrogen-bond donors (Lipinski definition) is 2. The SMILES string of the molecule is O=C(NC1CC1)c1ccc(OC[C@@H]2CCCNC2)cc1. The normalized spacial score (nSPS) is 22.3. The molecule has 1 aromatic rings. The summed E-state index contributed by atoms with van der Waals surface area (Å²) in [6.07, 6.45) is 4.69. The third kappa shape index (κ3) is 3.73. The van der Waals surface area contributed by atoms with Gasteiger partial charge in [0.2, 0.25) is 0 Å². The van der Waals surface area contributed by atoms with Gasteiger partial charge in [0.05, 0.1) is 6.61 Å². The highest BCUT2D eigenvalue weighted by molar-refractivity contribution is 5.94. The van der Waals surface area contributed by atoms with E-state index in [4.69, 9.17) is 4.74 Å². The molecule has 1 aliphatic heterocycles. The summed E-state index contributed by atoms with van der Waals surface area (Å²) in [4.78, 5) is 11.9. The maximum Gasteiger partial charge on any atom is 0.251 e. The number of benzene rings is 1. The molecule has 0 unspecified atom stereocenters. The number of piperidine rings is 1. The highest BCUT2D eigenvalue weighted by atomic mass is 16.5. The van der Waals surface area contributed by atoms with Crippen LogP contribution in [-0.2, 0) is 0 Å². The van der Waals surface area contributed by atoms with Gasteiger partial charge in [-0.15, -0.1) is 0 Å². The molecule has 1 aromatic carbocycles. The first kappa shape index (κ1) is 13.4. The quantitative estimate of drug-likeness (QED) is 0.863. The Balaban J connectivity index is 1.48. The van der Waals surface area contributed by atoms with E-state index in [1.807, 2.05) is 24.3 Å². The summed E-state index contributed by atoms with van der Waals surface area (Å²) < 4.78 is 5.80. The van der Waals surface area contributed by atoms with Gasteiger partial charge >= 0.3 is 0 Å². The minimum Gasteiger partial charge on any atom is -0.493 e. The molecule has 4 heteroatoms. The van der Waals surface area contributed by atoms with Gasteiger partial charge in [-0.25, -0.2) is 0 Å². The lowest BCUT2D eigenvalue weighted by Crippen LogP contribution is -2.33.